The van der Waals surface area contributed by atoms with Crippen LogP contribution in [0, 0.1) is 0 Å². The van der Waals surface area contributed by atoms with Crippen molar-refractivity contribution in [1.29, 1.82) is 0 Å². The molecule has 0 heterocycles. The monoisotopic (exact) mass is 439 g/mol. The van der Waals surface area contributed by atoms with Gasteiger partial charge in [0.25, 0.3) is 11.8 Å². The van der Waals surface area contributed by atoms with E-state index in [0.29, 0.717) is 21.7 Å². The quantitative estimate of drug-likeness (QED) is 0.487. The van der Waals surface area contributed by atoms with Gasteiger partial charge in [-0.2, -0.15) is 0 Å². The van der Waals surface area contributed by atoms with Crippen LogP contribution >= 0.6 is 35.4 Å². The minimum atomic E-state index is -0.516. The molecule has 0 unspecified atom stereocenters. The Morgan fingerprint density at radius 2 is 1.64 bits per heavy atom. The van der Waals surface area contributed by atoms with Crippen molar-refractivity contribution in [3.63, 3.8) is 0 Å². The molecule has 0 fully saturated rings. The van der Waals surface area contributed by atoms with E-state index in [2.05, 4.69) is 30.0 Å². The van der Waals surface area contributed by atoms with Gasteiger partial charge >= 0.3 is 0 Å². The Morgan fingerprint density at radius 1 is 1.04 bits per heavy atom. The second kappa shape index (κ2) is 10.3. The van der Waals surface area contributed by atoms with E-state index in [-0.39, 0.29) is 17.3 Å². The molecule has 28 heavy (non-hydrogen) atoms. The van der Waals surface area contributed by atoms with Crippen LogP contribution in [0.15, 0.2) is 42.5 Å². The van der Waals surface area contributed by atoms with Crippen molar-refractivity contribution < 1.29 is 14.3 Å². The van der Waals surface area contributed by atoms with Crippen LogP contribution in [0.3, 0.4) is 0 Å². The second-order valence-electron chi connectivity index (χ2n) is 6.13. The lowest BCUT2D eigenvalue weighted by atomic mass is 10.0. The molecule has 3 N–H and O–H groups in total. The highest BCUT2D eigenvalue weighted by Crippen LogP contribution is 2.19. The van der Waals surface area contributed by atoms with Crippen LogP contribution in [0.25, 0.3) is 0 Å². The van der Waals surface area contributed by atoms with Crippen molar-refractivity contribution in [2.45, 2.75) is 19.8 Å². The smallest absolute Gasteiger partial charge is 0.276 e. The first-order valence-electron chi connectivity index (χ1n) is 8.33. The number of nitrogens with one attached hydrogen (secondary N) is 3. The van der Waals surface area contributed by atoms with Gasteiger partial charge in [-0.15, -0.1) is 0 Å². The van der Waals surface area contributed by atoms with Gasteiger partial charge in [-0.1, -0.05) is 49.2 Å². The molecule has 2 aromatic rings. The number of benzene rings is 2. The summed E-state index contributed by atoms with van der Waals surface area (Å²) in [5.74, 6) is 0.0157. The molecule has 9 heteroatoms. The molecule has 0 spiro atoms. The molecule has 0 aliphatic heterocycles. The molecule has 2 amide bonds. The lowest BCUT2D eigenvalue weighted by Gasteiger charge is -2.12. The molecule has 2 rings (SSSR count). The lowest BCUT2D eigenvalue weighted by molar-refractivity contribution is -0.123. The van der Waals surface area contributed by atoms with Crippen molar-refractivity contribution >= 4 is 52.3 Å². The third-order valence-electron chi connectivity index (χ3n) is 3.58. The van der Waals surface area contributed by atoms with Crippen molar-refractivity contribution in [1.82, 2.24) is 16.2 Å². The highest BCUT2D eigenvalue weighted by molar-refractivity contribution is 7.80. The third kappa shape index (κ3) is 6.99. The maximum absolute atomic E-state index is 12.1. The van der Waals surface area contributed by atoms with Crippen molar-refractivity contribution in [2.75, 3.05) is 6.61 Å². The largest absolute Gasteiger partial charge is 0.484 e. The molecule has 2 aromatic carbocycles. The molecule has 0 atom stereocenters. The highest BCUT2D eigenvalue weighted by Gasteiger charge is 2.11. The van der Waals surface area contributed by atoms with Crippen LogP contribution in [-0.2, 0) is 4.79 Å². The summed E-state index contributed by atoms with van der Waals surface area (Å²) in [7, 11) is 0. The molecule has 0 saturated carbocycles. The van der Waals surface area contributed by atoms with Gasteiger partial charge in [0.2, 0.25) is 0 Å². The van der Waals surface area contributed by atoms with Crippen LogP contribution in [0.5, 0.6) is 5.75 Å². The standard InChI is InChI=1S/C19H19Cl2N3O3S/c1-11(2)12-3-5-16(6-4-12)27-10-17(25)23-24-19(28)22-18(26)13-7-14(20)9-15(21)8-13/h3-9,11H,10H2,1-2H3,(H,23,25)(H2,22,24,26,28). The second-order valence-corrected chi connectivity index (χ2v) is 7.41. The predicted molar refractivity (Wildman–Crippen MR) is 114 cm³/mol. The first kappa shape index (κ1) is 21.9. The normalized spacial score (nSPS) is 10.3. The van der Waals surface area contributed by atoms with Gasteiger partial charge in [-0.05, 0) is 54.0 Å². The number of thiocarbonyl (C=S) groups is 1. The Balaban J connectivity index is 1.75. The van der Waals surface area contributed by atoms with E-state index in [1.165, 1.54) is 23.8 Å². The fraction of sp³-hybridized carbons (Fsp3) is 0.211. The van der Waals surface area contributed by atoms with E-state index in [4.69, 9.17) is 40.2 Å². The van der Waals surface area contributed by atoms with E-state index in [0.717, 1.165) is 0 Å². The lowest BCUT2D eigenvalue weighted by Crippen LogP contribution is -2.49. The molecule has 0 aromatic heterocycles. The van der Waals surface area contributed by atoms with Crippen LogP contribution < -0.4 is 20.9 Å². The van der Waals surface area contributed by atoms with Crippen LogP contribution in [0.4, 0.5) is 0 Å². The number of hydrogen-bond acceptors (Lipinski definition) is 4. The number of ether oxygens (including phenoxy) is 1. The summed E-state index contributed by atoms with van der Waals surface area (Å²) in [6.45, 7) is 3.98. The van der Waals surface area contributed by atoms with E-state index < -0.39 is 11.8 Å². The minimum absolute atomic E-state index is 0.0873. The van der Waals surface area contributed by atoms with Crippen LogP contribution in [0.2, 0.25) is 10.0 Å². The van der Waals surface area contributed by atoms with Gasteiger partial charge in [0, 0.05) is 15.6 Å². The first-order chi connectivity index (χ1) is 13.2. The number of hydrazine groups is 1. The fourth-order valence-electron chi connectivity index (χ4n) is 2.15. The zero-order chi connectivity index (χ0) is 20.7. The number of carbonyl (C=O) groups is 2. The molecule has 6 nitrogen and oxygen atoms in total. The molecule has 0 radical (unpaired) electrons. The average Bonchev–Trinajstić information content (AvgIpc) is 2.64. The Kier molecular flexibility index (Phi) is 8.04. The summed E-state index contributed by atoms with van der Waals surface area (Å²) in [5, 5.41) is 2.96. The summed E-state index contributed by atoms with van der Waals surface area (Å²) >= 11 is 16.7. The molecule has 0 saturated heterocycles. The summed E-state index contributed by atoms with van der Waals surface area (Å²) in [6, 6.07) is 11.9. The minimum Gasteiger partial charge on any atom is -0.484 e. The summed E-state index contributed by atoms with van der Waals surface area (Å²) in [4.78, 5) is 23.9. The van der Waals surface area contributed by atoms with Crippen LogP contribution in [-0.4, -0.2) is 23.5 Å². The van der Waals surface area contributed by atoms with E-state index in [1.807, 2.05) is 12.1 Å². The topological polar surface area (TPSA) is 79.5 Å². The highest BCUT2D eigenvalue weighted by atomic mass is 35.5. The van der Waals surface area contributed by atoms with E-state index in [9.17, 15) is 9.59 Å². The number of amides is 2. The molecule has 0 bridgehead atoms. The van der Waals surface area contributed by atoms with Gasteiger partial charge in [-0.3, -0.25) is 25.8 Å². The zero-order valence-corrected chi connectivity index (χ0v) is 17.5. The van der Waals surface area contributed by atoms with Gasteiger partial charge < -0.3 is 4.74 Å². The van der Waals surface area contributed by atoms with Crippen LogP contribution in [0.1, 0.15) is 35.7 Å². The molecule has 0 aliphatic carbocycles. The first-order valence-corrected chi connectivity index (χ1v) is 9.50. The number of halogens is 2. The average molecular weight is 440 g/mol. The van der Waals surface area contributed by atoms with Crippen molar-refractivity contribution in [2.24, 2.45) is 0 Å². The maximum atomic E-state index is 12.1. The molecule has 148 valence electrons. The van der Waals surface area contributed by atoms with Gasteiger partial charge in [0.1, 0.15) is 5.75 Å². The Labute approximate surface area is 178 Å². The Hall–Kier alpha value is -2.35. The van der Waals surface area contributed by atoms with Gasteiger partial charge in [0.05, 0.1) is 0 Å². The molecule has 0 aliphatic rings. The zero-order valence-electron chi connectivity index (χ0n) is 15.2. The van der Waals surface area contributed by atoms with Crippen molar-refractivity contribution in [3.8, 4) is 5.75 Å². The van der Waals surface area contributed by atoms with E-state index >= 15 is 0 Å². The van der Waals surface area contributed by atoms with Gasteiger partial charge in [0.15, 0.2) is 11.7 Å². The fourth-order valence-corrected chi connectivity index (χ4v) is 2.82. The molecular weight excluding hydrogens is 421 g/mol. The Bertz CT molecular complexity index is 853. The number of hydrogen-bond donors (Lipinski definition) is 3. The molecular formula is C19H19Cl2N3O3S. The third-order valence-corrected chi connectivity index (χ3v) is 4.22. The summed E-state index contributed by atoms with van der Waals surface area (Å²) in [6.07, 6.45) is 0. The predicted octanol–water partition coefficient (Wildman–Crippen LogP) is 3.83. The van der Waals surface area contributed by atoms with Crippen molar-refractivity contribution in [3.05, 3.63) is 63.6 Å². The van der Waals surface area contributed by atoms with E-state index in [1.54, 1.807) is 12.1 Å². The number of carbonyl (C=O) groups excluding carboxylic acids is 2. The van der Waals surface area contributed by atoms with Gasteiger partial charge in [-0.25, -0.2) is 0 Å². The SMILES string of the molecule is CC(C)c1ccc(OCC(=O)NNC(=S)NC(=O)c2cc(Cl)cc(Cl)c2)cc1. The summed E-state index contributed by atoms with van der Waals surface area (Å²) in [5.41, 5.74) is 6.18. The Morgan fingerprint density at radius 3 is 2.21 bits per heavy atom. The summed E-state index contributed by atoms with van der Waals surface area (Å²) < 4.78 is 5.40. The number of rotatable bonds is 5. The maximum Gasteiger partial charge on any atom is 0.276 e.